The van der Waals surface area contributed by atoms with Crippen molar-refractivity contribution >= 4 is 84.1 Å². The van der Waals surface area contributed by atoms with Crippen molar-refractivity contribution in [3.8, 4) is 5.75 Å². The number of benzene rings is 1. The summed E-state index contributed by atoms with van der Waals surface area (Å²) in [4.78, 5) is 45.4. The topological polar surface area (TPSA) is 125 Å². The van der Waals surface area contributed by atoms with Crippen molar-refractivity contribution in [2.24, 2.45) is 0 Å². The summed E-state index contributed by atoms with van der Waals surface area (Å²) in [5.74, 6) is 2.91. The fourth-order valence-electron chi connectivity index (χ4n) is 5.91. The Bertz CT molecular complexity index is 2030. The minimum Gasteiger partial charge on any atom is -0.495 e. The molecule has 0 atom stereocenters. The predicted molar refractivity (Wildman–Crippen MR) is 222 cm³/mol. The number of fused-ring (bicyclic) bond motifs is 2. The predicted octanol–water partition coefficient (Wildman–Crippen LogP) is 10.9. The second kappa shape index (κ2) is 21.5. The van der Waals surface area contributed by atoms with Gasteiger partial charge in [-0.3, -0.25) is 9.59 Å². The van der Waals surface area contributed by atoms with Crippen LogP contribution >= 0.6 is 45.9 Å². The molecule has 0 radical (unpaired) electrons. The lowest BCUT2D eigenvalue weighted by Crippen LogP contribution is -2.06. The molecular formula is C40H51Cl2N5O5S2. The SMILES string of the molecule is COC(=O)CCCCCCc1nc(Cl)c2c(C)c(C)sc2n1.COC(=O)CCCCCCc1nc(NCc2ccc(OC)c(Cl)c2)c2c(C)c(C)sc2n1. The lowest BCUT2D eigenvalue weighted by molar-refractivity contribution is -0.141. The third kappa shape index (κ3) is 12.2. The lowest BCUT2D eigenvalue weighted by atomic mass is 10.1. The van der Waals surface area contributed by atoms with E-state index in [-0.39, 0.29) is 11.9 Å². The number of carbonyl (C=O) groups is 2. The zero-order chi connectivity index (χ0) is 39.2. The Hall–Kier alpha value is -3.58. The van der Waals surface area contributed by atoms with E-state index in [2.05, 4.69) is 52.5 Å². The first-order valence-corrected chi connectivity index (χ1v) is 20.7. The van der Waals surface area contributed by atoms with E-state index in [0.29, 0.717) is 35.3 Å². The van der Waals surface area contributed by atoms with Crippen molar-refractivity contribution in [3.63, 3.8) is 0 Å². The Morgan fingerprint density at radius 1 is 0.685 bits per heavy atom. The van der Waals surface area contributed by atoms with Gasteiger partial charge in [0.1, 0.15) is 38.0 Å². The number of hydrogen-bond acceptors (Lipinski definition) is 12. The summed E-state index contributed by atoms with van der Waals surface area (Å²) < 4.78 is 14.5. The molecule has 0 unspecified atom stereocenters. The summed E-state index contributed by atoms with van der Waals surface area (Å²) in [5.41, 5.74) is 3.45. The number of rotatable bonds is 18. The van der Waals surface area contributed by atoms with Crippen LogP contribution in [-0.2, 0) is 38.4 Å². The Morgan fingerprint density at radius 3 is 1.74 bits per heavy atom. The van der Waals surface area contributed by atoms with Crippen molar-refractivity contribution in [1.29, 1.82) is 0 Å². The molecule has 0 fully saturated rings. The number of unbranched alkanes of at least 4 members (excludes halogenated alkanes) is 6. The highest BCUT2D eigenvalue weighted by Crippen LogP contribution is 2.35. The molecule has 0 aliphatic carbocycles. The Labute approximate surface area is 336 Å². The monoisotopic (exact) mass is 815 g/mol. The Balaban J connectivity index is 0.000000258. The second-order valence-electron chi connectivity index (χ2n) is 13.1. The average molecular weight is 817 g/mol. The van der Waals surface area contributed by atoms with Gasteiger partial charge in [-0.25, -0.2) is 19.9 Å². The molecule has 4 heterocycles. The maximum Gasteiger partial charge on any atom is 0.305 e. The van der Waals surface area contributed by atoms with Gasteiger partial charge in [-0.1, -0.05) is 55.0 Å². The van der Waals surface area contributed by atoms with E-state index in [0.717, 1.165) is 108 Å². The van der Waals surface area contributed by atoms with E-state index < -0.39 is 0 Å². The normalized spacial score (nSPS) is 11.1. The molecule has 0 amide bonds. The molecule has 4 aromatic heterocycles. The fourth-order valence-corrected chi connectivity index (χ4v) is 8.67. The maximum absolute atomic E-state index is 11.2. The van der Waals surface area contributed by atoms with Crippen LogP contribution in [0.4, 0.5) is 5.82 Å². The second-order valence-corrected chi connectivity index (χ2v) is 16.3. The molecule has 0 saturated carbocycles. The summed E-state index contributed by atoms with van der Waals surface area (Å²) in [5, 5.41) is 6.74. The van der Waals surface area contributed by atoms with Gasteiger partial charge in [0.05, 0.1) is 37.1 Å². The van der Waals surface area contributed by atoms with E-state index >= 15 is 0 Å². The van der Waals surface area contributed by atoms with E-state index in [1.165, 1.54) is 35.1 Å². The van der Waals surface area contributed by atoms with Crippen molar-refractivity contribution in [2.45, 2.75) is 111 Å². The van der Waals surface area contributed by atoms with E-state index in [1.54, 1.807) is 29.8 Å². The summed E-state index contributed by atoms with van der Waals surface area (Å²) in [7, 11) is 4.46. The van der Waals surface area contributed by atoms with Crippen molar-refractivity contribution < 1.29 is 23.8 Å². The van der Waals surface area contributed by atoms with E-state index in [4.69, 9.17) is 37.9 Å². The minimum absolute atomic E-state index is 0.135. The van der Waals surface area contributed by atoms with Gasteiger partial charge in [0.25, 0.3) is 0 Å². The van der Waals surface area contributed by atoms with Crippen LogP contribution in [0.1, 0.15) is 102 Å². The molecule has 0 bridgehead atoms. The number of ether oxygens (including phenoxy) is 3. The molecule has 5 rings (SSSR count). The number of nitrogens with zero attached hydrogens (tertiary/aromatic N) is 4. The van der Waals surface area contributed by atoms with Gasteiger partial charge < -0.3 is 19.5 Å². The molecule has 0 spiro atoms. The van der Waals surface area contributed by atoms with Crippen molar-refractivity contribution in [3.05, 3.63) is 66.5 Å². The first kappa shape index (κ1) is 43.2. The maximum atomic E-state index is 11.2. The van der Waals surface area contributed by atoms with Gasteiger partial charge in [0.15, 0.2) is 0 Å². The molecule has 1 N–H and O–H groups in total. The van der Waals surface area contributed by atoms with Crippen molar-refractivity contribution in [2.75, 3.05) is 26.6 Å². The van der Waals surface area contributed by atoms with E-state index in [1.807, 2.05) is 18.2 Å². The number of anilines is 1. The largest absolute Gasteiger partial charge is 0.495 e. The van der Waals surface area contributed by atoms with E-state index in [9.17, 15) is 9.59 Å². The molecule has 292 valence electrons. The smallest absolute Gasteiger partial charge is 0.305 e. The van der Waals surface area contributed by atoms with Crippen LogP contribution in [0.3, 0.4) is 0 Å². The van der Waals surface area contributed by atoms with Crippen LogP contribution in [0, 0.1) is 27.7 Å². The Kier molecular flexibility index (Phi) is 17.2. The summed E-state index contributed by atoms with van der Waals surface area (Å²) in [6.07, 6.45) is 10.4. The number of halogens is 2. The summed E-state index contributed by atoms with van der Waals surface area (Å²) in [6.45, 7) is 8.99. The van der Waals surface area contributed by atoms with Gasteiger partial charge in [0, 0.05) is 42.0 Å². The van der Waals surface area contributed by atoms with Crippen LogP contribution in [0.15, 0.2) is 18.2 Å². The highest BCUT2D eigenvalue weighted by molar-refractivity contribution is 7.19. The van der Waals surface area contributed by atoms with Gasteiger partial charge in [-0.05, 0) is 82.2 Å². The standard InChI is InChI=1S/C24H30ClN3O3S.C16H21ClN2O2S/c1-15-16(2)32-24-22(15)23(26-14-17-11-12-19(30-3)18(25)13-17)27-20(28-24)9-7-5-6-8-10-21(29)31-4;1-10-11(2)22-16-14(10)15(17)18-12(19-16)8-6-4-5-7-9-13(20)21-3/h11-13H,5-10,14H2,1-4H3,(H,26,27,28);4-9H2,1-3H3. The highest BCUT2D eigenvalue weighted by Gasteiger charge is 2.16. The van der Waals surface area contributed by atoms with Crippen LogP contribution < -0.4 is 10.1 Å². The number of thiophene rings is 2. The molecule has 54 heavy (non-hydrogen) atoms. The molecule has 0 aliphatic heterocycles. The third-order valence-electron chi connectivity index (χ3n) is 9.30. The number of carbonyl (C=O) groups excluding carboxylic acids is 2. The number of esters is 2. The molecule has 14 heteroatoms. The first-order valence-electron chi connectivity index (χ1n) is 18.3. The fraction of sp³-hybridized carbons (Fsp3) is 0.500. The van der Waals surface area contributed by atoms with Crippen molar-refractivity contribution in [1.82, 2.24) is 19.9 Å². The number of hydrogen-bond donors (Lipinski definition) is 1. The summed E-state index contributed by atoms with van der Waals surface area (Å²) >= 11 is 16.0. The quantitative estimate of drug-likeness (QED) is 0.0519. The molecule has 0 aliphatic rings. The molecule has 5 aromatic rings. The lowest BCUT2D eigenvalue weighted by Gasteiger charge is -2.11. The molecular weight excluding hydrogens is 766 g/mol. The number of methoxy groups -OCH3 is 3. The van der Waals surface area contributed by atoms with Crippen LogP contribution in [0.5, 0.6) is 5.75 Å². The molecule has 1 aromatic carbocycles. The Morgan fingerprint density at radius 2 is 1.20 bits per heavy atom. The van der Waals surface area contributed by atoms with Gasteiger partial charge >= 0.3 is 11.9 Å². The average Bonchev–Trinajstić information content (AvgIpc) is 3.61. The molecule has 0 saturated heterocycles. The minimum atomic E-state index is -0.143. The molecule has 10 nitrogen and oxygen atoms in total. The van der Waals surface area contributed by atoms with Crippen LogP contribution in [0.25, 0.3) is 20.4 Å². The van der Waals surface area contributed by atoms with Crippen LogP contribution in [0.2, 0.25) is 10.2 Å². The third-order valence-corrected chi connectivity index (χ3v) is 12.1. The summed E-state index contributed by atoms with van der Waals surface area (Å²) in [6, 6.07) is 5.78. The zero-order valence-electron chi connectivity index (χ0n) is 32.3. The number of aromatic nitrogens is 4. The highest BCUT2D eigenvalue weighted by atomic mass is 35.5. The number of aryl methyl sites for hydroxylation is 6. The van der Waals surface area contributed by atoms with Crippen LogP contribution in [-0.4, -0.2) is 53.2 Å². The van der Waals surface area contributed by atoms with Gasteiger partial charge in [-0.15, -0.1) is 22.7 Å². The zero-order valence-corrected chi connectivity index (χ0v) is 35.5. The first-order chi connectivity index (χ1) is 25.9. The number of nitrogens with one attached hydrogen (secondary N) is 1. The van der Waals surface area contributed by atoms with Gasteiger partial charge in [0.2, 0.25) is 0 Å². The van der Waals surface area contributed by atoms with Gasteiger partial charge in [-0.2, -0.15) is 0 Å².